The van der Waals surface area contributed by atoms with Gasteiger partial charge in [-0.05, 0) is 43.0 Å². The second-order valence-corrected chi connectivity index (χ2v) is 6.93. The fraction of sp³-hybridized carbons (Fsp3) is 0.450. The summed E-state index contributed by atoms with van der Waals surface area (Å²) in [6.45, 7) is 1.47. The number of esters is 1. The lowest BCUT2D eigenvalue weighted by Crippen LogP contribution is -2.48. The van der Waals surface area contributed by atoms with E-state index in [0.29, 0.717) is 11.6 Å². The van der Waals surface area contributed by atoms with Crippen molar-refractivity contribution in [2.45, 2.75) is 45.1 Å². The summed E-state index contributed by atoms with van der Waals surface area (Å²) in [5.74, 6) is -1.56. The Balaban J connectivity index is 1.75. The number of imide groups is 1. The molecule has 9 heteroatoms. The molecule has 0 aliphatic heterocycles. The van der Waals surface area contributed by atoms with Crippen LogP contribution in [0.2, 0.25) is 0 Å². The Morgan fingerprint density at radius 1 is 1.10 bits per heavy atom. The van der Waals surface area contributed by atoms with Crippen molar-refractivity contribution in [3.8, 4) is 6.07 Å². The number of amides is 4. The zero-order valence-electron chi connectivity index (χ0n) is 16.2. The lowest BCUT2D eigenvalue weighted by Gasteiger charge is -2.29. The van der Waals surface area contributed by atoms with Gasteiger partial charge in [0.05, 0.1) is 11.6 Å². The Bertz CT molecular complexity index is 800. The summed E-state index contributed by atoms with van der Waals surface area (Å²) in [5.41, 5.74) is 0.602. The van der Waals surface area contributed by atoms with Crippen LogP contribution in [0.4, 0.5) is 10.5 Å². The molecule has 0 radical (unpaired) electrons. The van der Waals surface area contributed by atoms with Crippen molar-refractivity contribution < 1.29 is 23.9 Å². The Morgan fingerprint density at radius 3 is 2.45 bits per heavy atom. The van der Waals surface area contributed by atoms with E-state index in [9.17, 15) is 19.2 Å². The van der Waals surface area contributed by atoms with E-state index in [-0.39, 0.29) is 18.0 Å². The first-order valence-corrected chi connectivity index (χ1v) is 9.43. The number of rotatable bonds is 6. The van der Waals surface area contributed by atoms with Crippen LogP contribution in [0.1, 0.15) is 49.4 Å². The summed E-state index contributed by atoms with van der Waals surface area (Å²) in [4.78, 5) is 47.1. The highest BCUT2D eigenvalue weighted by Gasteiger charge is 2.23. The first kappa shape index (κ1) is 21.9. The maximum absolute atomic E-state index is 12.0. The summed E-state index contributed by atoms with van der Waals surface area (Å²) in [6, 6.07) is 6.95. The van der Waals surface area contributed by atoms with Crippen molar-refractivity contribution in [3.05, 3.63) is 29.8 Å². The molecule has 0 unspecified atom stereocenters. The topological polar surface area (TPSA) is 137 Å². The summed E-state index contributed by atoms with van der Waals surface area (Å²) in [7, 11) is 0. The molecule has 1 aromatic rings. The molecular weight excluding hydrogens is 376 g/mol. The number of carbonyl (C=O) groups is 4. The first-order valence-electron chi connectivity index (χ1n) is 9.43. The molecule has 29 heavy (non-hydrogen) atoms. The van der Waals surface area contributed by atoms with Gasteiger partial charge >= 0.3 is 12.0 Å². The molecule has 3 N–H and O–H groups in total. The van der Waals surface area contributed by atoms with E-state index in [1.807, 2.05) is 0 Å². The third kappa shape index (κ3) is 7.25. The van der Waals surface area contributed by atoms with Gasteiger partial charge in [-0.25, -0.2) is 9.59 Å². The number of urea groups is 1. The highest BCUT2D eigenvalue weighted by Crippen LogP contribution is 2.23. The van der Waals surface area contributed by atoms with Gasteiger partial charge in [0.2, 0.25) is 5.91 Å². The second-order valence-electron chi connectivity index (χ2n) is 6.93. The molecule has 2 atom stereocenters. The van der Waals surface area contributed by atoms with E-state index in [1.54, 1.807) is 6.07 Å². The predicted molar refractivity (Wildman–Crippen MR) is 104 cm³/mol. The number of nitrogens with zero attached hydrogens (tertiary/aromatic N) is 1. The van der Waals surface area contributed by atoms with E-state index in [1.165, 1.54) is 24.3 Å². The summed E-state index contributed by atoms with van der Waals surface area (Å²) in [5, 5.41) is 15.9. The fourth-order valence-electron chi connectivity index (χ4n) is 3.08. The zero-order chi connectivity index (χ0) is 21.2. The maximum Gasteiger partial charge on any atom is 0.338 e. The number of hydrogen-bond donors (Lipinski definition) is 3. The molecule has 154 valence electrons. The standard InChI is InChI=1S/C20H24N4O5/c1-13-4-2-3-5-16(13)23-20(28)24-18(26)12-29-19(27)14-6-8-15(9-7-14)22-17(25)10-11-21/h6-9,13,16H,2-5,10,12H2,1H3,(H,22,25)(H2,23,24,26,28)/t13-,16-/m0/s1. The Morgan fingerprint density at radius 2 is 1.79 bits per heavy atom. The predicted octanol–water partition coefficient (Wildman–Crippen LogP) is 2.10. The molecule has 0 saturated heterocycles. The normalized spacial score (nSPS) is 18.1. The van der Waals surface area contributed by atoms with Gasteiger partial charge in [0, 0.05) is 11.7 Å². The minimum absolute atomic E-state index is 0.0336. The van der Waals surface area contributed by atoms with Gasteiger partial charge in [-0.1, -0.05) is 19.8 Å². The van der Waals surface area contributed by atoms with Gasteiger partial charge in [0.15, 0.2) is 6.61 Å². The van der Waals surface area contributed by atoms with Crippen LogP contribution in [0.3, 0.4) is 0 Å². The third-order valence-corrected chi connectivity index (χ3v) is 4.66. The van der Waals surface area contributed by atoms with Gasteiger partial charge in [-0.2, -0.15) is 5.26 Å². The molecular formula is C20H24N4O5. The van der Waals surface area contributed by atoms with Crippen molar-refractivity contribution in [1.82, 2.24) is 10.6 Å². The van der Waals surface area contributed by atoms with Crippen molar-refractivity contribution in [2.75, 3.05) is 11.9 Å². The molecule has 0 heterocycles. The molecule has 1 aliphatic carbocycles. The van der Waals surface area contributed by atoms with E-state index < -0.39 is 30.4 Å². The molecule has 0 spiro atoms. The van der Waals surface area contributed by atoms with Gasteiger partial charge in [-0.3, -0.25) is 14.9 Å². The van der Waals surface area contributed by atoms with Crippen LogP contribution in [0.25, 0.3) is 0 Å². The van der Waals surface area contributed by atoms with Crippen molar-refractivity contribution in [2.24, 2.45) is 5.92 Å². The second kappa shape index (κ2) is 10.8. The Hall–Kier alpha value is -3.41. The lowest BCUT2D eigenvalue weighted by atomic mass is 9.86. The molecule has 1 fully saturated rings. The van der Waals surface area contributed by atoms with Gasteiger partial charge in [0.25, 0.3) is 5.91 Å². The summed E-state index contributed by atoms with van der Waals surface area (Å²) in [6.07, 6.45) is 3.83. The van der Waals surface area contributed by atoms with Crippen LogP contribution in [0.15, 0.2) is 24.3 Å². The highest BCUT2D eigenvalue weighted by atomic mass is 16.5. The van der Waals surface area contributed by atoms with E-state index in [0.717, 1.165) is 25.7 Å². The van der Waals surface area contributed by atoms with E-state index in [2.05, 4.69) is 22.9 Å². The molecule has 4 amide bonds. The van der Waals surface area contributed by atoms with Crippen LogP contribution >= 0.6 is 0 Å². The number of anilines is 1. The first-order chi connectivity index (χ1) is 13.9. The number of nitriles is 1. The molecule has 1 aromatic carbocycles. The average Bonchev–Trinajstić information content (AvgIpc) is 2.68. The Kier molecular flexibility index (Phi) is 8.15. The van der Waals surface area contributed by atoms with Crippen molar-refractivity contribution in [1.29, 1.82) is 5.26 Å². The third-order valence-electron chi connectivity index (χ3n) is 4.66. The quantitative estimate of drug-likeness (QED) is 0.625. The SMILES string of the molecule is C[C@H]1CCCC[C@@H]1NC(=O)NC(=O)COC(=O)c1ccc(NC(=O)CC#N)cc1. The maximum atomic E-state index is 12.0. The number of hydrogen-bond acceptors (Lipinski definition) is 6. The van der Waals surface area contributed by atoms with Crippen LogP contribution in [0.5, 0.6) is 0 Å². The minimum atomic E-state index is -0.739. The van der Waals surface area contributed by atoms with Crippen molar-refractivity contribution in [3.63, 3.8) is 0 Å². The van der Waals surface area contributed by atoms with Gasteiger partial charge in [0.1, 0.15) is 6.42 Å². The number of ether oxygens (including phenoxy) is 1. The molecule has 0 aromatic heterocycles. The van der Waals surface area contributed by atoms with Crippen LogP contribution in [0, 0.1) is 17.2 Å². The van der Waals surface area contributed by atoms with Crippen LogP contribution < -0.4 is 16.0 Å². The average molecular weight is 400 g/mol. The summed E-state index contributed by atoms with van der Waals surface area (Å²) < 4.78 is 4.90. The number of carbonyl (C=O) groups excluding carboxylic acids is 4. The highest BCUT2D eigenvalue weighted by molar-refractivity contribution is 5.97. The zero-order valence-corrected chi connectivity index (χ0v) is 16.2. The molecule has 2 rings (SSSR count). The van der Waals surface area contributed by atoms with E-state index >= 15 is 0 Å². The minimum Gasteiger partial charge on any atom is -0.452 e. The smallest absolute Gasteiger partial charge is 0.338 e. The van der Waals surface area contributed by atoms with Crippen molar-refractivity contribution >= 4 is 29.5 Å². The molecule has 1 saturated carbocycles. The lowest BCUT2D eigenvalue weighted by molar-refractivity contribution is -0.123. The van der Waals surface area contributed by atoms with Crippen LogP contribution in [-0.2, 0) is 14.3 Å². The molecule has 1 aliphatic rings. The number of benzene rings is 1. The van der Waals surface area contributed by atoms with E-state index in [4.69, 9.17) is 10.00 Å². The molecule has 0 bridgehead atoms. The Labute approximate surface area is 168 Å². The van der Waals surface area contributed by atoms with Gasteiger partial charge in [-0.15, -0.1) is 0 Å². The molecule has 9 nitrogen and oxygen atoms in total. The monoisotopic (exact) mass is 400 g/mol. The van der Waals surface area contributed by atoms with Gasteiger partial charge < -0.3 is 15.4 Å². The number of nitrogens with one attached hydrogen (secondary N) is 3. The fourth-order valence-corrected chi connectivity index (χ4v) is 3.08. The van der Waals surface area contributed by atoms with Crippen LogP contribution in [-0.4, -0.2) is 36.5 Å². The summed E-state index contributed by atoms with van der Waals surface area (Å²) >= 11 is 0. The largest absolute Gasteiger partial charge is 0.452 e.